The summed E-state index contributed by atoms with van der Waals surface area (Å²) in [5.41, 5.74) is 1.93. The Labute approximate surface area is 118 Å². The van der Waals surface area contributed by atoms with Gasteiger partial charge in [-0.25, -0.2) is 14.8 Å². The number of nitrogens with zero attached hydrogens (tertiary/aromatic N) is 2. The van der Waals surface area contributed by atoms with Crippen molar-refractivity contribution in [1.82, 2.24) is 9.97 Å². The van der Waals surface area contributed by atoms with Crippen LogP contribution in [0.2, 0.25) is 0 Å². The van der Waals surface area contributed by atoms with E-state index in [0.29, 0.717) is 17.2 Å². The summed E-state index contributed by atoms with van der Waals surface area (Å²) in [6.45, 7) is 7.50. The van der Waals surface area contributed by atoms with Crippen molar-refractivity contribution in [2.45, 2.75) is 33.1 Å². The number of hydrogen-bond acceptors (Lipinski definition) is 3. The van der Waals surface area contributed by atoms with Gasteiger partial charge in [0.05, 0.1) is 11.4 Å². The van der Waals surface area contributed by atoms with Crippen LogP contribution in [0, 0.1) is 13.8 Å². The molecule has 0 atom stereocenters. The minimum atomic E-state index is -0.982. The maximum atomic E-state index is 11.2. The SMILES string of the molecule is Cc1nc(C(C)(C)c2ccccc2)nc(C)c1C(=O)O. The molecule has 0 amide bonds. The maximum absolute atomic E-state index is 11.2. The zero-order valence-corrected chi connectivity index (χ0v) is 12.1. The molecule has 0 fully saturated rings. The lowest BCUT2D eigenvalue weighted by Crippen LogP contribution is -2.24. The van der Waals surface area contributed by atoms with Crippen LogP contribution in [0.15, 0.2) is 30.3 Å². The molecule has 0 aliphatic heterocycles. The van der Waals surface area contributed by atoms with Crippen molar-refractivity contribution in [2.24, 2.45) is 0 Å². The number of hydrogen-bond donors (Lipinski definition) is 1. The highest BCUT2D eigenvalue weighted by atomic mass is 16.4. The number of aryl methyl sites for hydroxylation is 2. The first kappa shape index (κ1) is 14.2. The first-order chi connectivity index (χ1) is 9.34. The molecule has 2 aromatic rings. The standard InChI is InChI=1S/C16H18N2O2/c1-10-13(14(19)20)11(2)18-15(17-10)16(3,4)12-8-6-5-7-9-12/h5-9H,1-4H3,(H,19,20). The minimum absolute atomic E-state index is 0.192. The summed E-state index contributed by atoms with van der Waals surface area (Å²) < 4.78 is 0. The van der Waals surface area contributed by atoms with Crippen LogP contribution in [0.3, 0.4) is 0 Å². The second kappa shape index (κ2) is 5.04. The molecule has 1 N–H and O–H groups in total. The molecule has 1 aromatic heterocycles. The number of rotatable bonds is 3. The van der Waals surface area contributed by atoms with Crippen LogP contribution in [0.5, 0.6) is 0 Å². The van der Waals surface area contributed by atoms with E-state index in [-0.39, 0.29) is 11.0 Å². The maximum Gasteiger partial charge on any atom is 0.339 e. The van der Waals surface area contributed by atoms with Crippen LogP contribution in [0.25, 0.3) is 0 Å². The van der Waals surface area contributed by atoms with Gasteiger partial charge in [0.25, 0.3) is 0 Å². The van der Waals surface area contributed by atoms with E-state index in [2.05, 4.69) is 9.97 Å². The van der Waals surface area contributed by atoms with E-state index in [4.69, 9.17) is 0 Å². The number of carboxylic acids is 1. The van der Waals surface area contributed by atoms with Gasteiger partial charge >= 0.3 is 5.97 Å². The van der Waals surface area contributed by atoms with Crippen LogP contribution in [0.4, 0.5) is 0 Å². The Morgan fingerprint density at radius 3 is 2.00 bits per heavy atom. The summed E-state index contributed by atoms with van der Waals surface area (Å²) in [5.74, 6) is -0.340. The van der Waals surface area contributed by atoms with Crippen LogP contribution < -0.4 is 0 Å². The molecule has 0 saturated heterocycles. The summed E-state index contributed by atoms with van der Waals surface area (Å²) in [6.07, 6.45) is 0. The van der Waals surface area contributed by atoms with Gasteiger partial charge in [0.15, 0.2) is 0 Å². The first-order valence-corrected chi connectivity index (χ1v) is 6.48. The van der Waals surface area contributed by atoms with E-state index >= 15 is 0 Å². The second-order valence-corrected chi connectivity index (χ2v) is 5.39. The zero-order chi connectivity index (χ0) is 14.9. The van der Waals surface area contributed by atoms with Gasteiger partial charge in [0, 0.05) is 5.41 Å². The third kappa shape index (κ3) is 2.41. The molecule has 1 heterocycles. The van der Waals surface area contributed by atoms with E-state index in [1.165, 1.54) is 0 Å². The summed E-state index contributed by atoms with van der Waals surface area (Å²) in [6, 6.07) is 9.97. The lowest BCUT2D eigenvalue weighted by atomic mass is 9.83. The van der Waals surface area contributed by atoms with Crippen molar-refractivity contribution >= 4 is 5.97 Å². The predicted octanol–water partition coefficient (Wildman–Crippen LogP) is 3.12. The predicted molar refractivity (Wildman–Crippen MR) is 77.0 cm³/mol. The van der Waals surface area contributed by atoms with Crippen molar-refractivity contribution in [3.8, 4) is 0 Å². The average Bonchev–Trinajstić information content (AvgIpc) is 2.38. The molecule has 4 nitrogen and oxygen atoms in total. The van der Waals surface area contributed by atoms with Gasteiger partial charge in [-0.15, -0.1) is 0 Å². The molecule has 0 saturated carbocycles. The van der Waals surface area contributed by atoms with Gasteiger partial charge in [-0.1, -0.05) is 30.3 Å². The average molecular weight is 270 g/mol. The number of carboxylic acid groups (broad SMARTS) is 1. The Balaban J connectivity index is 2.57. The first-order valence-electron chi connectivity index (χ1n) is 6.48. The van der Waals surface area contributed by atoms with E-state index in [1.54, 1.807) is 13.8 Å². The Morgan fingerprint density at radius 1 is 1.05 bits per heavy atom. The van der Waals surface area contributed by atoms with E-state index < -0.39 is 5.97 Å². The number of carbonyl (C=O) groups is 1. The number of benzene rings is 1. The monoisotopic (exact) mass is 270 g/mol. The highest BCUT2D eigenvalue weighted by molar-refractivity contribution is 5.89. The van der Waals surface area contributed by atoms with E-state index in [9.17, 15) is 9.90 Å². The fourth-order valence-electron chi connectivity index (χ4n) is 2.29. The second-order valence-electron chi connectivity index (χ2n) is 5.39. The molecular formula is C16H18N2O2. The Morgan fingerprint density at radius 2 is 1.55 bits per heavy atom. The highest BCUT2D eigenvalue weighted by Gasteiger charge is 2.28. The molecule has 0 spiro atoms. The molecule has 2 rings (SSSR count). The lowest BCUT2D eigenvalue weighted by molar-refractivity contribution is 0.0694. The van der Waals surface area contributed by atoms with Gasteiger partial charge in [0.2, 0.25) is 0 Å². The normalized spacial score (nSPS) is 11.4. The van der Waals surface area contributed by atoms with Gasteiger partial charge in [0.1, 0.15) is 11.4 Å². The molecule has 104 valence electrons. The van der Waals surface area contributed by atoms with Gasteiger partial charge in [-0.3, -0.25) is 0 Å². The number of aromatic carboxylic acids is 1. The van der Waals surface area contributed by atoms with Gasteiger partial charge < -0.3 is 5.11 Å². The molecule has 20 heavy (non-hydrogen) atoms. The van der Waals surface area contributed by atoms with Crippen LogP contribution >= 0.6 is 0 Å². The van der Waals surface area contributed by atoms with E-state index in [0.717, 1.165) is 5.56 Å². The fourth-order valence-corrected chi connectivity index (χ4v) is 2.29. The van der Waals surface area contributed by atoms with Crippen molar-refractivity contribution in [3.05, 3.63) is 58.7 Å². The van der Waals surface area contributed by atoms with Gasteiger partial charge in [-0.2, -0.15) is 0 Å². The van der Waals surface area contributed by atoms with Crippen molar-refractivity contribution in [3.63, 3.8) is 0 Å². The Kier molecular flexibility index (Phi) is 3.57. The smallest absolute Gasteiger partial charge is 0.339 e. The Hall–Kier alpha value is -2.23. The molecule has 0 aliphatic carbocycles. The lowest BCUT2D eigenvalue weighted by Gasteiger charge is -2.24. The summed E-state index contributed by atoms with van der Waals surface area (Å²) in [4.78, 5) is 20.0. The van der Waals surface area contributed by atoms with Crippen LogP contribution in [-0.4, -0.2) is 21.0 Å². The van der Waals surface area contributed by atoms with E-state index in [1.807, 2.05) is 44.2 Å². The number of aromatic nitrogens is 2. The molecular weight excluding hydrogens is 252 g/mol. The van der Waals surface area contributed by atoms with Crippen LogP contribution in [0.1, 0.15) is 47.0 Å². The third-order valence-electron chi connectivity index (χ3n) is 3.54. The molecule has 0 radical (unpaired) electrons. The summed E-state index contributed by atoms with van der Waals surface area (Å²) >= 11 is 0. The molecule has 0 unspecified atom stereocenters. The summed E-state index contributed by atoms with van der Waals surface area (Å²) in [5, 5.41) is 9.18. The highest BCUT2D eigenvalue weighted by Crippen LogP contribution is 2.29. The molecule has 0 bridgehead atoms. The largest absolute Gasteiger partial charge is 0.478 e. The summed E-state index contributed by atoms with van der Waals surface area (Å²) in [7, 11) is 0. The van der Waals surface area contributed by atoms with Crippen molar-refractivity contribution in [2.75, 3.05) is 0 Å². The topological polar surface area (TPSA) is 63.1 Å². The van der Waals surface area contributed by atoms with Gasteiger partial charge in [-0.05, 0) is 33.3 Å². The molecule has 1 aromatic carbocycles. The third-order valence-corrected chi connectivity index (χ3v) is 3.54. The van der Waals surface area contributed by atoms with Crippen molar-refractivity contribution < 1.29 is 9.90 Å². The van der Waals surface area contributed by atoms with Crippen molar-refractivity contribution in [1.29, 1.82) is 0 Å². The fraction of sp³-hybridized carbons (Fsp3) is 0.312. The molecule has 0 aliphatic rings. The van der Waals surface area contributed by atoms with Crippen LogP contribution in [-0.2, 0) is 5.41 Å². The molecule has 4 heteroatoms. The quantitative estimate of drug-likeness (QED) is 0.930. The minimum Gasteiger partial charge on any atom is -0.478 e. The Bertz CT molecular complexity index is 626. The zero-order valence-electron chi connectivity index (χ0n) is 12.1.